The van der Waals surface area contributed by atoms with E-state index in [2.05, 4.69) is 0 Å². The van der Waals surface area contributed by atoms with Gasteiger partial charge in [-0.15, -0.1) is 0 Å². The first-order valence-corrected chi connectivity index (χ1v) is 9.97. The molecule has 4 N–H and O–H groups in total. The topological polar surface area (TPSA) is 107 Å². The Balaban J connectivity index is 2.05. The van der Waals surface area contributed by atoms with Crippen LogP contribution in [0.25, 0.3) is 0 Å². The third-order valence-electron chi connectivity index (χ3n) is 5.12. The SMILES string of the molecule is CC1(C)CC(=O)C([C@H]2c3ccccc3CCN2C(=O)CSC(=N)N)=C(O)C1. The predicted molar refractivity (Wildman–Crippen MR) is 107 cm³/mol. The maximum atomic E-state index is 12.9. The highest BCUT2D eigenvalue weighted by Gasteiger charge is 2.42. The van der Waals surface area contributed by atoms with E-state index in [0.29, 0.717) is 31.4 Å². The zero-order valence-corrected chi connectivity index (χ0v) is 16.4. The number of aliphatic hydroxyl groups is 1. The van der Waals surface area contributed by atoms with Crippen molar-refractivity contribution in [1.29, 1.82) is 5.41 Å². The van der Waals surface area contributed by atoms with Crippen LogP contribution in [0.2, 0.25) is 0 Å². The number of hydrogen-bond donors (Lipinski definition) is 3. The third-order valence-corrected chi connectivity index (χ3v) is 5.83. The van der Waals surface area contributed by atoms with Crippen LogP contribution in [0.3, 0.4) is 0 Å². The number of carbonyl (C=O) groups excluding carboxylic acids is 2. The molecule has 6 nitrogen and oxygen atoms in total. The fraction of sp³-hybridized carbons (Fsp3) is 0.450. The molecule has 27 heavy (non-hydrogen) atoms. The van der Waals surface area contributed by atoms with Crippen molar-refractivity contribution in [3.8, 4) is 0 Å². The molecule has 1 aromatic rings. The molecular weight excluding hydrogens is 362 g/mol. The van der Waals surface area contributed by atoms with Gasteiger partial charge in [-0.1, -0.05) is 49.9 Å². The largest absolute Gasteiger partial charge is 0.512 e. The molecule has 144 valence electrons. The smallest absolute Gasteiger partial charge is 0.233 e. The fourth-order valence-electron chi connectivity index (χ4n) is 3.98. The molecule has 0 bridgehead atoms. The van der Waals surface area contributed by atoms with Gasteiger partial charge in [0.1, 0.15) is 5.76 Å². The summed E-state index contributed by atoms with van der Waals surface area (Å²) in [7, 11) is 0. The number of nitrogens with two attached hydrogens (primary N) is 1. The number of ketones is 1. The molecule has 1 aliphatic carbocycles. The standard InChI is InChI=1S/C20H25N3O3S/c1-20(2)9-14(24)17(15(25)10-20)18-13-6-4-3-5-12(13)7-8-23(18)16(26)11-27-19(21)22/h3-6,18,24H,7-11H2,1-2H3,(H3,21,22)/t18-/m1/s1. The van der Waals surface area contributed by atoms with Gasteiger partial charge >= 0.3 is 0 Å². The third kappa shape index (κ3) is 4.03. The number of allylic oxidation sites excluding steroid dienone is 1. The van der Waals surface area contributed by atoms with Crippen molar-refractivity contribution < 1.29 is 14.7 Å². The molecule has 1 atom stereocenters. The van der Waals surface area contributed by atoms with Crippen molar-refractivity contribution >= 4 is 28.6 Å². The van der Waals surface area contributed by atoms with E-state index in [1.807, 2.05) is 38.1 Å². The van der Waals surface area contributed by atoms with E-state index < -0.39 is 6.04 Å². The van der Waals surface area contributed by atoms with Crippen molar-refractivity contribution in [3.05, 3.63) is 46.7 Å². The summed E-state index contributed by atoms with van der Waals surface area (Å²) >= 11 is 0.971. The molecule has 0 fully saturated rings. The van der Waals surface area contributed by atoms with Gasteiger partial charge < -0.3 is 15.7 Å². The van der Waals surface area contributed by atoms with Gasteiger partial charge in [0.2, 0.25) is 5.91 Å². The summed E-state index contributed by atoms with van der Waals surface area (Å²) in [5.74, 6) is -0.174. The van der Waals surface area contributed by atoms with Crippen LogP contribution >= 0.6 is 11.8 Å². The maximum absolute atomic E-state index is 12.9. The molecule has 0 saturated heterocycles. The predicted octanol–water partition coefficient (Wildman–Crippen LogP) is 2.94. The number of rotatable bonds is 3. The first-order valence-electron chi connectivity index (χ1n) is 8.99. The minimum absolute atomic E-state index is 0.0434. The van der Waals surface area contributed by atoms with Gasteiger partial charge in [-0.25, -0.2) is 0 Å². The van der Waals surface area contributed by atoms with Gasteiger partial charge in [-0.3, -0.25) is 15.0 Å². The summed E-state index contributed by atoms with van der Waals surface area (Å²) < 4.78 is 0. The van der Waals surface area contributed by atoms with Crippen molar-refractivity contribution in [2.24, 2.45) is 11.1 Å². The molecule has 0 unspecified atom stereocenters. The normalized spacial score (nSPS) is 21.8. The van der Waals surface area contributed by atoms with Gasteiger partial charge in [0, 0.05) is 19.4 Å². The first-order chi connectivity index (χ1) is 12.7. The lowest BCUT2D eigenvalue weighted by Gasteiger charge is -2.41. The Hall–Kier alpha value is -2.28. The molecule has 1 amide bonds. The van der Waals surface area contributed by atoms with E-state index in [-0.39, 0.29) is 33.8 Å². The Morgan fingerprint density at radius 2 is 2.07 bits per heavy atom. The van der Waals surface area contributed by atoms with Gasteiger partial charge in [0.15, 0.2) is 11.0 Å². The van der Waals surface area contributed by atoms with E-state index in [1.165, 1.54) is 0 Å². The van der Waals surface area contributed by atoms with Crippen molar-refractivity contribution in [1.82, 2.24) is 4.90 Å². The Morgan fingerprint density at radius 3 is 2.74 bits per heavy atom. The molecule has 0 saturated carbocycles. The lowest BCUT2D eigenvalue weighted by Crippen LogP contribution is -2.44. The van der Waals surface area contributed by atoms with Crippen molar-refractivity contribution in [3.63, 3.8) is 0 Å². The number of amides is 1. The van der Waals surface area contributed by atoms with Crippen LogP contribution in [0.15, 0.2) is 35.6 Å². The average Bonchev–Trinajstić information content (AvgIpc) is 2.58. The molecule has 1 heterocycles. The maximum Gasteiger partial charge on any atom is 0.233 e. The minimum Gasteiger partial charge on any atom is -0.512 e. The number of carbonyl (C=O) groups is 2. The van der Waals surface area contributed by atoms with Gasteiger partial charge in [-0.05, 0) is 23.0 Å². The zero-order chi connectivity index (χ0) is 19.8. The molecule has 7 heteroatoms. The highest BCUT2D eigenvalue weighted by molar-refractivity contribution is 8.14. The molecule has 1 aliphatic heterocycles. The Kier molecular flexibility index (Phi) is 5.33. The highest BCUT2D eigenvalue weighted by Crippen LogP contribution is 2.44. The van der Waals surface area contributed by atoms with Crippen molar-refractivity contribution in [2.45, 2.75) is 39.2 Å². The summed E-state index contributed by atoms with van der Waals surface area (Å²) in [6, 6.07) is 7.17. The van der Waals surface area contributed by atoms with E-state index in [9.17, 15) is 14.7 Å². The Labute approximate surface area is 163 Å². The number of nitrogens with zero attached hydrogens (tertiary/aromatic N) is 1. The number of nitrogens with one attached hydrogen (secondary N) is 1. The van der Waals surface area contributed by atoms with Crippen LogP contribution in [0, 0.1) is 10.8 Å². The second-order valence-corrected chi connectivity index (χ2v) is 8.91. The van der Waals surface area contributed by atoms with Crippen LogP contribution in [0.4, 0.5) is 0 Å². The summed E-state index contributed by atoms with van der Waals surface area (Å²) in [4.78, 5) is 27.4. The lowest BCUT2D eigenvalue weighted by molar-refractivity contribution is -0.131. The number of benzene rings is 1. The average molecular weight is 388 g/mol. The summed E-state index contributed by atoms with van der Waals surface area (Å²) in [6.07, 6.45) is 1.45. The van der Waals surface area contributed by atoms with Crippen LogP contribution in [0.5, 0.6) is 0 Å². The van der Waals surface area contributed by atoms with Gasteiger partial charge in [0.25, 0.3) is 0 Å². The zero-order valence-electron chi connectivity index (χ0n) is 15.6. The second-order valence-electron chi connectivity index (χ2n) is 7.89. The van der Waals surface area contributed by atoms with Gasteiger partial charge in [-0.2, -0.15) is 0 Å². The summed E-state index contributed by atoms with van der Waals surface area (Å²) in [5.41, 5.74) is 7.39. The van der Waals surface area contributed by atoms with E-state index >= 15 is 0 Å². The summed E-state index contributed by atoms with van der Waals surface area (Å²) in [6.45, 7) is 4.38. The molecule has 0 spiro atoms. The quantitative estimate of drug-likeness (QED) is 0.546. The Morgan fingerprint density at radius 1 is 1.37 bits per heavy atom. The molecule has 0 radical (unpaired) electrons. The van der Waals surface area contributed by atoms with E-state index in [0.717, 1.165) is 22.9 Å². The monoisotopic (exact) mass is 387 g/mol. The lowest BCUT2D eigenvalue weighted by atomic mass is 9.73. The fourth-order valence-corrected chi connectivity index (χ4v) is 4.43. The molecule has 3 rings (SSSR count). The second kappa shape index (κ2) is 7.38. The van der Waals surface area contributed by atoms with Gasteiger partial charge in [0.05, 0.1) is 17.4 Å². The number of aliphatic hydroxyl groups excluding tert-OH is 1. The van der Waals surface area contributed by atoms with Crippen molar-refractivity contribution in [2.75, 3.05) is 12.3 Å². The highest BCUT2D eigenvalue weighted by atomic mass is 32.2. The minimum atomic E-state index is -0.585. The number of thioether (sulfide) groups is 1. The number of fused-ring (bicyclic) bond motifs is 1. The first kappa shape index (κ1) is 19.5. The van der Waals surface area contributed by atoms with Crippen LogP contribution < -0.4 is 5.73 Å². The Bertz CT molecular complexity index is 832. The number of amidine groups is 1. The van der Waals surface area contributed by atoms with Crippen LogP contribution in [-0.2, 0) is 16.0 Å². The van der Waals surface area contributed by atoms with E-state index in [4.69, 9.17) is 11.1 Å². The molecule has 2 aliphatic rings. The van der Waals surface area contributed by atoms with Crippen LogP contribution in [0.1, 0.15) is 43.9 Å². The summed E-state index contributed by atoms with van der Waals surface area (Å²) in [5, 5.41) is 18.0. The molecular formula is C20H25N3O3S. The van der Waals surface area contributed by atoms with E-state index in [1.54, 1.807) is 4.90 Å². The number of hydrogen-bond acceptors (Lipinski definition) is 5. The molecule has 0 aromatic heterocycles. The molecule has 1 aromatic carbocycles. The van der Waals surface area contributed by atoms with Crippen LogP contribution in [-0.4, -0.2) is 39.2 Å². The number of Topliss-reactive ketones (excluding diaryl/α,β-unsaturated/α-hetero) is 1.